The largest absolute Gasteiger partial charge is 0.478 e. The molecular weight excluding hydrogens is 205 g/mol. The molecule has 0 aliphatic rings. The van der Waals surface area contributed by atoms with Gasteiger partial charge in [-0.2, -0.15) is 13.2 Å². The number of alkyl halides is 3. The van der Waals surface area contributed by atoms with E-state index < -0.39 is 18.6 Å². The number of rotatable bonds is 2. The van der Waals surface area contributed by atoms with Crippen LogP contribution in [0.25, 0.3) is 0 Å². The number of aromatic carboxylic acids is 1. The maximum absolute atomic E-state index is 11.8. The molecule has 0 aliphatic carbocycles. The van der Waals surface area contributed by atoms with Gasteiger partial charge in [0, 0.05) is 10.3 Å². The van der Waals surface area contributed by atoms with Gasteiger partial charge >= 0.3 is 12.1 Å². The molecule has 1 heterocycles. The number of carboxylic acids is 1. The van der Waals surface area contributed by atoms with Crippen LogP contribution in [-0.4, -0.2) is 17.3 Å². The Morgan fingerprint density at radius 2 is 2.15 bits per heavy atom. The van der Waals surface area contributed by atoms with Crippen LogP contribution in [0.5, 0.6) is 0 Å². The van der Waals surface area contributed by atoms with E-state index in [0.29, 0.717) is 0 Å². The van der Waals surface area contributed by atoms with Gasteiger partial charge in [-0.05, 0) is 6.07 Å². The topological polar surface area (TPSA) is 37.3 Å². The fourth-order valence-electron chi connectivity index (χ4n) is 0.783. The van der Waals surface area contributed by atoms with Gasteiger partial charge < -0.3 is 5.11 Å². The van der Waals surface area contributed by atoms with E-state index in [2.05, 4.69) is 0 Å². The van der Waals surface area contributed by atoms with E-state index in [1.165, 1.54) is 5.38 Å². The van der Waals surface area contributed by atoms with Crippen LogP contribution in [0.2, 0.25) is 0 Å². The summed E-state index contributed by atoms with van der Waals surface area (Å²) in [6, 6.07) is 1.04. The van der Waals surface area contributed by atoms with Crippen LogP contribution >= 0.6 is 11.3 Å². The second-order valence-corrected chi connectivity index (χ2v) is 3.39. The van der Waals surface area contributed by atoms with Gasteiger partial charge in [-0.15, -0.1) is 11.3 Å². The standard InChI is InChI=1S/C7H5F3O2S/c8-7(9,10)2-5-1-4(3-13-5)6(11)12/h1,3H,2H2,(H,11,12). The van der Waals surface area contributed by atoms with Crippen molar-refractivity contribution in [3.05, 3.63) is 21.9 Å². The smallest absolute Gasteiger partial charge is 0.393 e. The first kappa shape index (κ1) is 10.0. The van der Waals surface area contributed by atoms with E-state index in [-0.39, 0.29) is 10.4 Å². The van der Waals surface area contributed by atoms with Crippen LogP contribution in [0.4, 0.5) is 13.2 Å². The molecule has 1 aromatic rings. The third-order valence-electron chi connectivity index (χ3n) is 1.28. The Morgan fingerprint density at radius 1 is 1.54 bits per heavy atom. The molecule has 2 nitrogen and oxygen atoms in total. The monoisotopic (exact) mass is 210 g/mol. The van der Waals surface area contributed by atoms with Crippen molar-refractivity contribution in [2.75, 3.05) is 0 Å². The highest BCUT2D eigenvalue weighted by Gasteiger charge is 2.28. The summed E-state index contributed by atoms with van der Waals surface area (Å²) in [4.78, 5) is 10.3. The zero-order valence-electron chi connectivity index (χ0n) is 6.26. The molecule has 0 amide bonds. The highest BCUT2D eigenvalue weighted by atomic mass is 32.1. The molecule has 0 aromatic carbocycles. The number of carboxylic acid groups (broad SMARTS) is 1. The molecular formula is C7H5F3O2S. The van der Waals surface area contributed by atoms with E-state index in [0.717, 1.165) is 17.4 Å². The molecule has 0 saturated heterocycles. The highest BCUT2D eigenvalue weighted by Crippen LogP contribution is 2.25. The molecule has 0 aliphatic heterocycles. The van der Waals surface area contributed by atoms with E-state index in [1.54, 1.807) is 0 Å². The number of carbonyl (C=O) groups is 1. The summed E-state index contributed by atoms with van der Waals surface area (Å²) in [7, 11) is 0. The quantitative estimate of drug-likeness (QED) is 0.814. The van der Waals surface area contributed by atoms with E-state index in [9.17, 15) is 18.0 Å². The Labute approximate surface area is 75.6 Å². The van der Waals surface area contributed by atoms with Crippen LogP contribution in [0.3, 0.4) is 0 Å². The van der Waals surface area contributed by atoms with E-state index in [1.807, 2.05) is 0 Å². The predicted molar refractivity (Wildman–Crippen MR) is 41.0 cm³/mol. The summed E-state index contributed by atoms with van der Waals surface area (Å²) in [5, 5.41) is 9.62. The third-order valence-corrected chi connectivity index (χ3v) is 2.21. The maximum Gasteiger partial charge on any atom is 0.393 e. The van der Waals surface area contributed by atoms with Crippen molar-refractivity contribution in [2.45, 2.75) is 12.6 Å². The van der Waals surface area contributed by atoms with Crippen LogP contribution < -0.4 is 0 Å². The lowest BCUT2D eigenvalue weighted by Gasteiger charge is -2.01. The Kier molecular flexibility index (Phi) is 2.60. The number of hydrogen-bond acceptors (Lipinski definition) is 2. The average Bonchev–Trinajstić information content (AvgIpc) is 2.31. The first-order valence-electron chi connectivity index (χ1n) is 3.26. The molecule has 0 saturated carbocycles. The zero-order valence-corrected chi connectivity index (χ0v) is 7.08. The van der Waals surface area contributed by atoms with Gasteiger partial charge in [-0.25, -0.2) is 4.79 Å². The molecule has 6 heteroatoms. The summed E-state index contributed by atoms with van der Waals surface area (Å²) in [6.07, 6.45) is -5.34. The number of halogens is 3. The van der Waals surface area contributed by atoms with Gasteiger partial charge in [0.25, 0.3) is 0 Å². The van der Waals surface area contributed by atoms with Gasteiger partial charge in [0.15, 0.2) is 0 Å². The lowest BCUT2D eigenvalue weighted by Crippen LogP contribution is -2.10. The Balaban J connectivity index is 2.75. The van der Waals surface area contributed by atoms with Crippen molar-refractivity contribution in [1.29, 1.82) is 0 Å². The number of hydrogen-bond donors (Lipinski definition) is 1. The summed E-state index contributed by atoms with van der Waals surface area (Å²) in [6.45, 7) is 0. The maximum atomic E-state index is 11.8. The zero-order chi connectivity index (χ0) is 10.1. The molecule has 0 unspecified atom stereocenters. The third kappa shape index (κ3) is 3.06. The molecule has 0 radical (unpaired) electrons. The van der Waals surface area contributed by atoms with Crippen molar-refractivity contribution >= 4 is 17.3 Å². The second kappa shape index (κ2) is 3.37. The van der Waals surface area contributed by atoms with Crippen molar-refractivity contribution in [1.82, 2.24) is 0 Å². The summed E-state index contributed by atoms with van der Waals surface area (Å²) >= 11 is 0.804. The van der Waals surface area contributed by atoms with Crippen molar-refractivity contribution < 1.29 is 23.1 Å². The van der Waals surface area contributed by atoms with Crippen molar-refractivity contribution in [3.63, 3.8) is 0 Å². The van der Waals surface area contributed by atoms with Gasteiger partial charge in [0.05, 0.1) is 12.0 Å². The minimum Gasteiger partial charge on any atom is -0.478 e. The normalized spacial score (nSPS) is 11.6. The predicted octanol–water partition coefficient (Wildman–Crippen LogP) is 2.55. The van der Waals surface area contributed by atoms with Crippen LogP contribution in [0, 0.1) is 0 Å². The van der Waals surface area contributed by atoms with Crippen molar-refractivity contribution in [3.8, 4) is 0 Å². The van der Waals surface area contributed by atoms with Gasteiger partial charge in [0.1, 0.15) is 0 Å². The molecule has 0 bridgehead atoms. The molecule has 1 aromatic heterocycles. The minimum absolute atomic E-state index is 0.0184. The molecule has 0 atom stereocenters. The lowest BCUT2D eigenvalue weighted by molar-refractivity contribution is -0.126. The van der Waals surface area contributed by atoms with Crippen LogP contribution in [-0.2, 0) is 6.42 Å². The summed E-state index contributed by atoms with van der Waals surface area (Å²) in [5.74, 6) is -1.20. The van der Waals surface area contributed by atoms with Crippen LogP contribution in [0.15, 0.2) is 11.4 Å². The fourth-order valence-corrected chi connectivity index (χ4v) is 1.67. The SMILES string of the molecule is O=C(O)c1csc(CC(F)(F)F)c1. The average molecular weight is 210 g/mol. The molecule has 72 valence electrons. The van der Waals surface area contributed by atoms with Crippen LogP contribution in [0.1, 0.15) is 15.2 Å². The van der Waals surface area contributed by atoms with Gasteiger partial charge in [0.2, 0.25) is 0 Å². The first-order valence-corrected chi connectivity index (χ1v) is 4.14. The van der Waals surface area contributed by atoms with Gasteiger partial charge in [-0.3, -0.25) is 0 Å². The Hall–Kier alpha value is -1.04. The number of thiophene rings is 1. The molecule has 0 fully saturated rings. The molecule has 0 spiro atoms. The molecule has 1 N–H and O–H groups in total. The lowest BCUT2D eigenvalue weighted by atomic mass is 10.3. The van der Waals surface area contributed by atoms with Gasteiger partial charge in [-0.1, -0.05) is 0 Å². The first-order chi connectivity index (χ1) is 5.88. The summed E-state index contributed by atoms with van der Waals surface area (Å²) < 4.78 is 35.4. The molecule has 1 rings (SSSR count). The van der Waals surface area contributed by atoms with E-state index >= 15 is 0 Å². The van der Waals surface area contributed by atoms with Crippen molar-refractivity contribution in [2.24, 2.45) is 0 Å². The Bertz CT molecular complexity index is 316. The minimum atomic E-state index is -4.28. The highest BCUT2D eigenvalue weighted by molar-refractivity contribution is 7.10. The van der Waals surface area contributed by atoms with E-state index in [4.69, 9.17) is 5.11 Å². The fraction of sp³-hybridized carbons (Fsp3) is 0.286. The summed E-state index contributed by atoms with van der Waals surface area (Å²) in [5.41, 5.74) is -0.0933. The Morgan fingerprint density at radius 3 is 2.54 bits per heavy atom. The second-order valence-electron chi connectivity index (χ2n) is 2.40. The molecule has 13 heavy (non-hydrogen) atoms.